The Morgan fingerprint density at radius 2 is 2.13 bits per heavy atom. The van der Waals surface area contributed by atoms with Gasteiger partial charge in [0.1, 0.15) is 11.6 Å². The van der Waals surface area contributed by atoms with Crippen molar-refractivity contribution >= 4 is 35.2 Å². The number of hydrogen-bond acceptors (Lipinski definition) is 7. The van der Waals surface area contributed by atoms with Gasteiger partial charge < -0.3 is 20.5 Å². The highest BCUT2D eigenvalue weighted by molar-refractivity contribution is 7.99. The number of hydrogen-bond donors (Lipinski definition) is 2. The molecule has 3 N–H and O–H groups in total. The summed E-state index contributed by atoms with van der Waals surface area (Å²) in [6.45, 7) is 5.73. The van der Waals surface area contributed by atoms with E-state index >= 15 is 0 Å². The third-order valence-electron chi connectivity index (χ3n) is 2.72. The average molecular weight is 361 g/mol. The van der Waals surface area contributed by atoms with Crippen molar-refractivity contribution in [3.05, 3.63) is 22.4 Å². The topological polar surface area (TPSA) is 90.6 Å². The standard InChI is InChI=1S/C15H24N2O4S2/c1-15(2,3)21-14(19)17-10(13(18)20-4)9-23-12(8-16)11-6-5-7-22-11/h5-7,10,12H,8-9,16H2,1-4H3,(H,17,19)/t10-,12?/m0/s1. The van der Waals surface area contributed by atoms with Crippen LogP contribution in [-0.4, -0.2) is 43.1 Å². The molecule has 0 aliphatic rings. The van der Waals surface area contributed by atoms with Crippen LogP contribution in [-0.2, 0) is 14.3 Å². The SMILES string of the molecule is COC(=O)[C@H](CSC(CN)c1cccs1)NC(=O)OC(C)(C)C. The summed E-state index contributed by atoms with van der Waals surface area (Å²) >= 11 is 3.12. The molecule has 0 aliphatic carbocycles. The lowest BCUT2D eigenvalue weighted by Gasteiger charge is -2.23. The van der Waals surface area contributed by atoms with E-state index in [2.05, 4.69) is 5.32 Å². The summed E-state index contributed by atoms with van der Waals surface area (Å²) in [7, 11) is 1.29. The molecular formula is C15H24N2O4S2. The molecule has 0 bridgehead atoms. The monoisotopic (exact) mass is 360 g/mol. The van der Waals surface area contributed by atoms with Crippen molar-refractivity contribution in [3.63, 3.8) is 0 Å². The quantitative estimate of drug-likeness (QED) is 0.726. The Balaban J connectivity index is 2.64. The normalized spacial score (nSPS) is 14.0. The Morgan fingerprint density at radius 1 is 1.43 bits per heavy atom. The maximum atomic E-state index is 11.9. The summed E-state index contributed by atoms with van der Waals surface area (Å²) in [5.41, 5.74) is 5.17. The van der Waals surface area contributed by atoms with E-state index in [0.29, 0.717) is 12.3 Å². The van der Waals surface area contributed by atoms with E-state index in [1.54, 1.807) is 32.1 Å². The number of thiophene rings is 1. The van der Waals surface area contributed by atoms with Crippen LogP contribution in [0.2, 0.25) is 0 Å². The van der Waals surface area contributed by atoms with Crippen LogP contribution in [0.1, 0.15) is 30.9 Å². The van der Waals surface area contributed by atoms with Crippen molar-refractivity contribution in [3.8, 4) is 0 Å². The number of nitrogens with two attached hydrogens (primary N) is 1. The zero-order chi connectivity index (χ0) is 17.5. The van der Waals surface area contributed by atoms with Gasteiger partial charge in [0.15, 0.2) is 0 Å². The van der Waals surface area contributed by atoms with Gasteiger partial charge in [-0.25, -0.2) is 9.59 Å². The fourth-order valence-corrected chi connectivity index (χ4v) is 3.83. The molecule has 130 valence electrons. The van der Waals surface area contributed by atoms with Crippen molar-refractivity contribution in [2.75, 3.05) is 19.4 Å². The molecule has 1 heterocycles. The minimum Gasteiger partial charge on any atom is -0.467 e. The van der Waals surface area contributed by atoms with E-state index in [1.165, 1.54) is 18.9 Å². The minimum atomic E-state index is -0.783. The van der Waals surface area contributed by atoms with Crippen molar-refractivity contribution in [1.29, 1.82) is 0 Å². The number of carbonyl (C=O) groups is 2. The average Bonchev–Trinajstić information content (AvgIpc) is 2.98. The lowest BCUT2D eigenvalue weighted by molar-refractivity contribution is -0.142. The van der Waals surface area contributed by atoms with Gasteiger partial charge >= 0.3 is 12.1 Å². The van der Waals surface area contributed by atoms with E-state index in [0.717, 1.165) is 4.88 Å². The highest BCUT2D eigenvalue weighted by atomic mass is 32.2. The van der Waals surface area contributed by atoms with Crippen LogP contribution in [0.4, 0.5) is 4.79 Å². The third-order valence-corrected chi connectivity index (χ3v) is 5.23. The number of ether oxygens (including phenoxy) is 2. The molecule has 6 nitrogen and oxygen atoms in total. The molecule has 1 aromatic heterocycles. The van der Waals surface area contributed by atoms with Crippen LogP contribution < -0.4 is 11.1 Å². The summed E-state index contributed by atoms with van der Waals surface area (Å²) in [5, 5.41) is 4.61. The van der Waals surface area contributed by atoms with Gasteiger partial charge in [-0.2, -0.15) is 0 Å². The van der Waals surface area contributed by atoms with Gasteiger partial charge in [-0.1, -0.05) is 6.07 Å². The first kappa shape index (κ1) is 19.8. The lowest BCUT2D eigenvalue weighted by Crippen LogP contribution is -2.45. The van der Waals surface area contributed by atoms with E-state index in [9.17, 15) is 9.59 Å². The van der Waals surface area contributed by atoms with Crippen LogP contribution in [0.3, 0.4) is 0 Å². The van der Waals surface area contributed by atoms with Crippen molar-refractivity contribution in [2.24, 2.45) is 5.73 Å². The first-order valence-corrected chi connectivity index (χ1v) is 9.12. The number of thioether (sulfide) groups is 1. The largest absolute Gasteiger partial charge is 0.467 e. The molecule has 0 saturated heterocycles. The summed E-state index contributed by atoms with van der Waals surface area (Å²) in [4.78, 5) is 24.9. The molecule has 0 spiro atoms. The van der Waals surface area contributed by atoms with Crippen LogP contribution in [0.25, 0.3) is 0 Å². The van der Waals surface area contributed by atoms with E-state index in [-0.39, 0.29) is 5.25 Å². The van der Waals surface area contributed by atoms with E-state index in [4.69, 9.17) is 15.2 Å². The van der Waals surface area contributed by atoms with Crippen LogP contribution >= 0.6 is 23.1 Å². The van der Waals surface area contributed by atoms with Crippen LogP contribution in [0, 0.1) is 0 Å². The Hall–Kier alpha value is -1.25. The lowest BCUT2D eigenvalue weighted by atomic mass is 10.2. The Bertz CT molecular complexity index is 500. The zero-order valence-electron chi connectivity index (χ0n) is 13.8. The second kappa shape index (κ2) is 9.14. The number of esters is 1. The molecule has 1 aromatic rings. The molecule has 1 amide bonds. The number of carbonyl (C=O) groups excluding carboxylic acids is 2. The molecule has 1 unspecified atom stereocenters. The number of amides is 1. The Morgan fingerprint density at radius 3 is 2.61 bits per heavy atom. The molecule has 0 fully saturated rings. The zero-order valence-corrected chi connectivity index (χ0v) is 15.5. The number of rotatable bonds is 7. The first-order chi connectivity index (χ1) is 10.8. The molecule has 1 rings (SSSR count). The van der Waals surface area contributed by atoms with Gasteiger partial charge in [-0.05, 0) is 32.2 Å². The summed E-state index contributed by atoms with van der Waals surface area (Å²) < 4.78 is 9.93. The van der Waals surface area contributed by atoms with Gasteiger partial charge in [0.25, 0.3) is 0 Å². The predicted molar refractivity (Wildman–Crippen MR) is 93.7 cm³/mol. The number of alkyl carbamates (subject to hydrolysis) is 1. The molecule has 0 aliphatic heterocycles. The van der Waals surface area contributed by atoms with Crippen molar-refractivity contribution < 1.29 is 19.1 Å². The highest BCUT2D eigenvalue weighted by Gasteiger charge is 2.26. The maximum absolute atomic E-state index is 11.9. The number of methoxy groups -OCH3 is 1. The van der Waals surface area contributed by atoms with Gasteiger partial charge in [0.2, 0.25) is 0 Å². The molecular weight excluding hydrogens is 336 g/mol. The summed E-state index contributed by atoms with van der Waals surface area (Å²) in [6, 6.07) is 3.18. The minimum absolute atomic E-state index is 0.0718. The van der Waals surface area contributed by atoms with Crippen molar-refractivity contribution in [1.82, 2.24) is 5.32 Å². The third kappa shape index (κ3) is 7.24. The number of nitrogens with one attached hydrogen (secondary N) is 1. The molecule has 2 atom stereocenters. The molecule has 8 heteroatoms. The van der Waals surface area contributed by atoms with Gasteiger partial charge in [-0.15, -0.1) is 23.1 Å². The van der Waals surface area contributed by atoms with Gasteiger partial charge in [0.05, 0.1) is 12.4 Å². The predicted octanol–water partition coefficient (Wildman–Crippen LogP) is 2.55. The molecule has 0 saturated carbocycles. The smallest absolute Gasteiger partial charge is 0.408 e. The van der Waals surface area contributed by atoms with Crippen molar-refractivity contribution in [2.45, 2.75) is 37.7 Å². The van der Waals surface area contributed by atoms with E-state index in [1.807, 2.05) is 17.5 Å². The van der Waals surface area contributed by atoms with Crippen LogP contribution in [0.15, 0.2) is 17.5 Å². The molecule has 23 heavy (non-hydrogen) atoms. The van der Waals surface area contributed by atoms with Gasteiger partial charge in [0, 0.05) is 17.2 Å². The van der Waals surface area contributed by atoms with E-state index < -0.39 is 23.7 Å². The fourth-order valence-electron chi connectivity index (χ4n) is 1.71. The maximum Gasteiger partial charge on any atom is 0.408 e. The summed E-state index contributed by atoms with van der Waals surface area (Å²) in [6.07, 6.45) is -0.645. The summed E-state index contributed by atoms with van der Waals surface area (Å²) in [5.74, 6) is -0.156. The highest BCUT2D eigenvalue weighted by Crippen LogP contribution is 2.31. The Kier molecular flexibility index (Phi) is 7.87. The van der Waals surface area contributed by atoms with Gasteiger partial charge in [-0.3, -0.25) is 0 Å². The molecule has 0 aromatic carbocycles. The first-order valence-electron chi connectivity index (χ1n) is 7.19. The second-order valence-corrected chi connectivity index (χ2v) is 8.01. The Labute approximate surface area is 145 Å². The fraction of sp³-hybridized carbons (Fsp3) is 0.600. The molecule has 0 radical (unpaired) electrons. The second-order valence-electron chi connectivity index (χ2n) is 5.80. The van der Waals surface area contributed by atoms with Crippen LogP contribution in [0.5, 0.6) is 0 Å².